The molecule has 0 atom stereocenters. The van der Waals surface area contributed by atoms with E-state index in [4.69, 9.17) is 11.6 Å². The van der Waals surface area contributed by atoms with Crippen LogP contribution in [-0.4, -0.2) is 36.1 Å². The van der Waals surface area contributed by atoms with Crippen molar-refractivity contribution in [3.05, 3.63) is 71.1 Å². The minimum absolute atomic E-state index is 0.261. The molecule has 0 unspecified atom stereocenters. The summed E-state index contributed by atoms with van der Waals surface area (Å²) in [6.07, 6.45) is 0. The summed E-state index contributed by atoms with van der Waals surface area (Å²) in [7, 11) is 0. The number of nitrogens with one attached hydrogen (secondary N) is 1. The molecule has 1 fully saturated rings. The molecule has 1 aromatic heterocycles. The van der Waals surface area contributed by atoms with E-state index in [0.717, 1.165) is 48.3 Å². The van der Waals surface area contributed by atoms with Gasteiger partial charge in [-0.2, -0.15) is 4.98 Å². The van der Waals surface area contributed by atoms with Crippen molar-refractivity contribution in [1.29, 1.82) is 0 Å². The van der Waals surface area contributed by atoms with Crippen LogP contribution in [0, 0.1) is 12.7 Å². The molecule has 2 heterocycles. The van der Waals surface area contributed by atoms with Gasteiger partial charge in [-0.05, 0) is 49.4 Å². The largest absolute Gasteiger partial charge is 0.368 e. The van der Waals surface area contributed by atoms with Crippen molar-refractivity contribution in [2.45, 2.75) is 6.92 Å². The monoisotopic (exact) mass is 397 g/mol. The van der Waals surface area contributed by atoms with Crippen molar-refractivity contribution in [2.24, 2.45) is 0 Å². The molecule has 4 rings (SSSR count). The fourth-order valence-corrected chi connectivity index (χ4v) is 3.46. The van der Waals surface area contributed by atoms with Crippen LogP contribution in [0.25, 0.3) is 0 Å². The molecule has 1 aliphatic heterocycles. The summed E-state index contributed by atoms with van der Waals surface area (Å²) in [5.74, 6) is 1.14. The highest BCUT2D eigenvalue weighted by atomic mass is 35.5. The van der Waals surface area contributed by atoms with Gasteiger partial charge in [-0.3, -0.25) is 0 Å². The van der Waals surface area contributed by atoms with E-state index in [1.165, 1.54) is 12.1 Å². The lowest BCUT2D eigenvalue weighted by Gasteiger charge is -2.36. The molecule has 0 radical (unpaired) electrons. The maximum atomic E-state index is 13.1. The third kappa shape index (κ3) is 4.34. The van der Waals surface area contributed by atoms with E-state index in [9.17, 15) is 4.39 Å². The zero-order valence-corrected chi connectivity index (χ0v) is 16.3. The molecule has 2 aromatic carbocycles. The molecule has 1 saturated heterocycles. The van der Waals surface area contributed by atoms with Gasteiger partial charge in [0.25, 0.3) is 0 Å². The number of hydrogen-bond donors (Lipinski definition) is 1. The van der Waals surface area contributed by atoms with Crippen LogP contribution in [0.4, 0.5) is 27.5 Å². The number of halogens is 2. The van der Waals surface area contributed by atoms with Gasteiger partial charge in [0.15, 0.2) is 0 Å². The van der Waals surface area contributed by atoms with Crippen LogP contribution in [0.1, 0.15) is 5.69 Å². The number of anilines is 4. The summed E-state index contributed by atoms with van der Waals surface area (Å²) in [5.41, 5.74) is 2.80. The maximum absolute atomic E-state index is 13.1. The number of rotatable bonds is 4. The molecule has 0 bridgehead atoms. The zero-order valence-electron chi connectivity index (χ0n) is 15.6. The van der Waals surface area contributed by atoms with E-state index < -0.39 is 0 Å². The minimum Gasteiger partial charge on any atom is -0.368 e. The summed E-state index contributed by atoms with van der Waals surface area (Å²) in [5, 5.41) is 3.97. The van der Waals surface area contributed by atoms with Gasteiger partial charge in [-0.25, -0.2) is 9.37 Å². The molecule has 28 heavy (non-hydrogen) atoms. The second-order valence-corrected chi connectivity index (χ2v) is 7.22. The summed E-state index contributed by atoms with van der Waals surface area (Å²) in [6.45, 7) is 5.35. The van der Waals surface area contributed by atoms with Crippen LogP contribution >= 0.6 is 11.6 Å². The summed E-state index contributed by atoms with van der Waals surface area (Å²) >= 11 is 6.11. The average Bonchev–Trinajstić information content (AvgIpc) is 2.69. The van der Waals surface area contributed by atoms with Crippen LogP contribution < -0.4 is 15.1 Å². The van der Waals surface area contributed by atoms with Gasteiger partial charge >= 0.3 is 0 Å². The molecule has 1 N–H and O–H groups in total. The van der Waals surface area contributed by atoms with Crippen molar-refractivity contribution >= 4 is 34.7 Å². The van der Waals surface area contributed by atoms with Crippen molar-refractivity contribution in [3.63, 3.8) is 0 Å². The number of hydrogen-bond acceptors (Lipinski definition) is 5. The van der Waals surface area contributed by atoms with Crippen molar-refractivity contribution in [3.8, 4) is 0 Å². The van der Waals surface area contributed by atoms with E-state index >= 15 is 0 Å². The first-order valence-electron chi connectivity index (χ1n) is 9.20. The molecule has 144 valence electrons. The quantitative estimate of drug-likeness (QED) is 0.694. The van der Waals surface area contributed by atoms with Crippen LogP contribution in [0.2, 0.25) is 5.02 Å². The van der Waals surface area contributed by atoms with Gasteiger partial charge in [0, 0.05) is 54.3 Å². The van der Waals surface area contributed by atoms with Crippen molar-refractivity contribution in [2.75, 3.05) is 41.3 Å². The van der Waals surface area contributed by atoms with E-state index in [1.807, 2.05) is 31.2 Å². The Morgan fingerprint density at radius 1 is 0.929 bits per heavy atom. The highest BCUT2D eigenvalue weighted by molar-refractivity contribution is 6.30. The molecule has 5 nitrogen and oxygen atoms in total. The molecule has 1 aliphatic rings. The summed E-state index contributed by atoms with van der Waals surface area (Å²) in [4.78, 5) is 13.8. The third-order valence-electron chi connectivity index (χ3n) is 4.69. The Hall–Kier alpha value is -2.86. The molecular weight excluding hydrogens is 377 g/mol. The molecule has 3 aromatic rings. The molecule has 0 amide bonds. The Balaban J connectivity index is 1.46. The normalized spacial score (nSPS) is 14.2. The number of nitrogens with zero attached hydrogens (tertiary/aromatic N) is 4. The highest BCUT2D eigenvalue weighted by Gasteiger charge is 2.20. The zero-order chi connectivity index (χ0) is 19.5. The Morgan fingerprint density at radius 2 is 1.64 bits per heavy atom. The van der Waals surface area contributed by atoms with E-state index in [1.54, 1.807) is 12.1 Å². The van der Waals surface area contributed by atoms with Crippen LogP contribution in [0.5, 0.6) is 0 Å². The average molecular weight is 398 g/mol. The molecule has 0 aliphatic carbocycles. The highest BCUT2D eigenvalue weighted by Crippen LogP contribution is 2.23. The van der Waals surface area contributed by atoms with Gasteiger partial charge in [0.05, 0.1) is 0 Å². The summed E-state index contributed by atoms with van der Waals surface area (Å²) in [6, 6.07) is 16.0. The van der Waals surface area contributed by atoms with Gasteiger partial charge in [0.2, 0.25) is 5.95 Å². The second kappa shape index (κ2) is 8.02. The Bertz CT molecular complexity index is 955. The maximum Gasteiger partial charge on any atom is 0.227 e. The number of benzene rings is 2. The molecule has 0 saturated carbocycles. The lowest BCUT2D eigenvalue weighted by Crippen LogP contribution is -2.47. The standard InChI is InChI=1S/C21H21ClFN5/c1-15-13-20(25-18-7-5-17(23)6-8-18)26-21(24-15)28-11-9-27(10-12-28)19-4-2-3-16(22)14-19/h2-8,13-14H,9-12H2,1H3,(H,24,25,26). The fraction of sp³-hybridized carbons (Fsp3) is 0.238. The van der Waals surface area contributed by atoms with Crippen LogP contribution in [0.3, 0.4) is 0 Å². The van der Waals surface area contributed by atoms with Crippen LogP contribution in [0.15, 0.2) is 54.6 Å². The minimum atomic E-state index is -0.261. The SMILES string of the molecule is Cc1cc(Nc2ccc(F)cc2)nc(N2CCN(c3cccc(Cl)c3)CC2)n1. The van der Waals surface area contributed by atoms with Crippen molar-refractivity contribution < 1.29 is 4.39 Å². The number of aromatic nitrogens is 2. The Morgan fingerprint density at radius 3 is 2.36 bits per heavy atom. The predicted octanol–water partition coefficient (Wildman–Crippen LogP) is 4.65. The third-order valence-corrected chi connectivity index (χ3v) is 4.93. The predicted molar refractivity (Wildman–Crippen MR) is 112 cm³/mol. The fourth-order valence-electron chi connectivity index (χ4n) is 3.28. The Labute approximate surface area is 168 Å². The van der Waals surface area contributed by atoms with E-state index in [-0.39, 0.29) is 5.82 Å². The first-order valence-corrected chi connectivity index (χ1v) is 9.58. The van der Waals surface area contributed by atoms with Gasteiger partial charge in [-0.1, -0.05) is 17.7 Å². The topological polar surface area (TPSA) is 44.3 Å². The van der Waals surface area contributed by atoms with E-state index in [2.05, 4.69) is 31.2 Å². The lowest BCUT2D eigenvalue weighted by molar-refractivity contribution is 0.628. The van der Waals surface area contributed by atoms with Gasteiger partial charge in [0.1, 0.15) is 11.6 Å². The Kier molecular flexibility index (Phi) is 5.30. The molecule has 0 spiro atoms. The molecule has 7 heteroatoms. The second-order valence-electron chi connectivity index (χ2n) is 6.78. The smallest absolute Gasteiger partial charge is 0.227 e. The number of aryl methyl sites for hydroxylation is 1. The van der Waals surface area contributed by atoms with Gasteiger partial charge in [-0.15, -0.1) is 0 Å². The molecular formula is C21H21ClFN5. The van der Waals surface area contributed by atoms with E-state index in [0.29, 0.717) is 11.8 Å². The van der Waals surface area contributed by atoms with Crippen molar-refractivity contribution in [1.82, 2.24) is 9.97 Å². The van der Waals surface area contributed by atoms with Crippen LogP contribution in [-0.2, 0) is 0 Å². The van der Waals surface area contributed by atoms with Gasteiger partial charge < -0.3 is 15.1 Å². The first-order chi connectivity index (χ1) is 13.6. The number of piperazine rings is 1. The first kappa shape index (κ1) is 18.5. The lowest BCUT2D eigenvalue weighted by atomic mass is 10.2. The summed E-state index contributed by atoms with van der Waals surface area (Å²) < 4.78 is 13.1.